The minimum Gasteiger partial charge on any atom is -0.508 e. The molecule has 2 saturated heterocycles. The molecule has 0 spiro atoms. The zero-order valence-corrected chi connectivity index (χ0v) is 34.2. The van der Waals surface area contributed by atoms with E-state index >= 15 is 0 Å². The van der Waals surface area contributed by atoms with E-state index in [2.05, 4.69) is 51.6 Å². The third-order valence-corrected chi connectivity index (χ3v) is 11.2. The number of sulfonamides is 1. The van der Waals surface area contributed by atoms with Crippen LogP contribution in [0, 0.1) is 0 Å². The summed E-state index contributed by atoms with van der Waals surface area (Å²) in [6.07, 6.45) is 9.51. The highest BCUT2D eigenvalue weighted by atomic mass is 79.9. The molecular weight excluding hydrogens is 794 g/mol. The average molecular weight is 843 g/mol. The van der Waals surface area contributed by atoms with Gasteiger partial charge in [0.25, 0.3) is 0 Å². The minimum atomic E-state index is -3.63. The molecule has 18 heteroatoms. The molecule has 2 aliphatic heterocycles. The van der Waals surface area contributed by atoms with Crippen molar-refractivity contribution >= 4 is 66.6 Å². The first-order chi connectivity index (χ1) is 26.1. The van der Waals surface area contributed by atoms with Crippen LogP contribution in [0.2, 0.25) is 0 Å². The standard InChI is InChI=1S/C37H48BrN9O7S/c1-37(2,3)54-36(49)47-15-11-26(12-16-47)53-25-9-13-46(14-10-25)31-19-33(52-5)30(18-27(31)23-20-40-41-21-23)43-35-39-22-28(38)34(44-35)42-29-8-7-24(48)17-32(29)45(4)55(6,50)51/h7-8,17-22,25-26,48H,9-16H2,1-6H3,(H,40,41)(H2,39,42,43,44). The van der Waals surface area contributed by atoms with Crippen molar-refractivity contribution in [1.82, 2.24) is 25.1 Å². The molecule has 0 bridgehead atoms. The molecule has 2 aromatic carbocycles. The number of methoxy groups -OCH3 is 1. The van der Waals surface area contributed by atoms with Crippen LogP contribution < -0.4 is 24.6 Å². The summed E-state index contributed by atoms with van der Waals surface area (Å²) in [6, 6.07) is 8.36. The number of ether oxygens (including phenoxy) is 3. The molecule has 0 saturated carbocycles. The molecule has 0 aliphatic carbocycles. The van der Waals surface area contributed by atoms with Crippen molar-refractivity contribution in [3.63, 3.8) is 0 Å². The number of piperidine rings is 2. The molecule has 55 heavy (non-hydrogen) atoms. The van der Waals surface area contributed by atoms with Gasteiger partial charge in [-0.05, 0) is 80.6 Å². The SMILES string of the molecule is COc1cc(N2CCC(OC3CCN(C(=O)OC(C)(C)C)CC3)CC2)c(-c2cn[nH]c2)cc1Nc1ncc(Br)c(Nc2ccc(O)cc2N(C)S(C)(=O)=O)n1. The summed E-state index contributed by atoms with van der Waals surface area (Å²) < 4.78 is 44.3. The predicted octanol–water partition coefficient (Wildman–Crippen LogP) is 6.61. The summed E-state index contributed by atoms with van der Waals surface area (Å²) in [6.45, 7) is 8.44. The van der Waals surface area contributed by atoms with Crippen LogP contribution in [0.4, 0.5) is 39.3 Å². The highest BCUT2D eigenvalue weighted by Crippen LogP contribution is 2.42. The molecule has 0 atom stereocenters. The summed E-state index contributed by atoms with van der Waals surface area (Å²) in [5.41, 5.74) is 3.55. The van der Waals surface area contributed by atoms with Gasteiger partial charge in [-0.3, -0.25) is 9.40 Å². The molecule has 1 amide bonds. The van der Waals surface area contributed by atoms with Gasteiger partial charge >= 0.3 is 6.09 Å². The number of anilines is 6. The Morgan fingerprint density at radius 1 is 1.02 bits per heavy atom. The van der Waals surface area contributed by atoms with Crippen LogP contribution in [0.3, 0.4) is 0 Å². The molecule has 0 radical (unpaired) electrons. The molecule has 2 fully saturated rings. The summed E-state index contributed by atoms with van der Waals surface area (Å²) in [4.78, 5) is 25.8. The van der Waals surface area contributed by atoms with Crippen molar-refractivity contribution in [3.05, 3.63) is 53.4 Å². The molecule has 296 valence electrons. The zero-order chi connectivity index (χ0) is 39.5. The topological polar surface area (TPSA) is 187 Å². The Kier molecular flexibility index (Phi) is 12.0. The van der Waals surface area contributed by atoms with Crippen molar-refractivity contribution in [2.75, 3.05) is 66.4 Å². The Morgan fingerprint density at radius 3 is 2.33 bits per heavy atom. The van der Waals surface area contributed by atoms with Gasteiger partial charge in [-0.25, -0.2) is 18.2 Å². The van der Waals surface area contributed by atoms with Gasteiger partial charge in [-0.2, -0.15) is 10.1 Å². The minimum absolute atomic E-state index is 0.0872. The molecular formula is C37H48BrN9O7S. The molecule has 4 aromatic rings. The van der Waals surface area contributed by atoms with E-state index in [0.717, 1.165) is 66.1 Å². The molecule has 2 aromatic heterocycles. The molecule has 6 rings (SSSR count). The summed E-state index contributed by atoms with van der Waals surface area (Å²) in [5.74, 6) is 1.10. The van der Waals surface area contributed by atoms with E-state index in [0.29, 0.717) is 40.5 Å². The second kappa shape index (κ2) is 16.5. The first-order valence-electron chi connectivity index (χ1n) is 18.0. The highest BCUT2D eigenvalue weighted by Gasteiger charge is 2.31. The number of rotatable bonds is 11. The smallest absolute Gasteiger partial charge is 0.410 e. The third-order valence-electron chi connectivity index (χ3n) is 9.45. The van der Waals surface area contributed by atoms with Gasteiger partial charge in [0, 0.05) is 74.6 Å². The molecule has 4 N–H and O–H groups in total. The number of aromatic nitrogens is 4. The van der Waals surface area contributed by atoms with Gasteiger partial charge < -0.3 is 39.8 Å². The quantitative estimate of drug-likeness (QED) is 0.118. The fraction of sp³-hybridized carbons (Fsp3) is 0.459. The van der Waals surface area contributed by atoms with E-state index in [4.69, 9.17) is 14.2 Å². The van der Waals surface area contributed by atoms with Crippen LogP contribution in [-0.4, -0.2) is 109 Å². The second-order valence-corrected chi connectivity index (χ2v) is 17.5. The summed E-state index contributed by atoms with van der Waals surface area (Å²) >= 11 is 3.49. The van der Waals surface area contributed by atoms with Crippen LogP contribution in [-0.2, 0) is 19.5 Å². The number of benzene rings is 2. The number of likely N-dealkylation sites (tertiary alicyclic amines) is 1. The number of amides is 1. The highest BCUT2D eigenvalue weighted by molar-refractivity contribution is 9.10. The Bertz CT molecular complexity index is 2080. The van der Waals surface area contributed by atoms with Crippen molar-refractivity contribution in [2.24, 2.45) is 0 Å². The van der Waals surface area contributed by atoms with Gasteiger partial charge in [-0.1, -0.05) is 0 Å². The lowest BCUT2D eigenvalue weighted by Gasteiger charge is -2.38. The average Bonchev–Trinajstić information content (AvgIpc) is 3.68. The van der Waals surface area contributed by atoms with Crippen LogP contribution >= 0.6 is 15.9 Å². The van der Waals surface area contributed by atoms with Crippen LogP contribution in [0.15, 0.2) is 53.4 Å². The lowest BCUT2D eigenvalue weighted by molar-refractivity contribution is -0.0535. The Labute approximate surface area is 329 Å². The van der Waals surface area contributed by atoms with Gasteiger partial charge in [-0.15, -0.1) is 0 Å². The number of aromatic hydroxyl groups is 1. The largest absolute Gasteiger partial charge is 0.508 e. The first kappa shape index (κ1) is 39.9. The van der Waals surface area contributed by atoms with E-state index in [9.17, 15) is 18.3 Å². The predicted molar refractivity (Wildman–Crippen MR) is 215 cm³/mol. The van der Waals surface area contributed by atoms with Gasteiger partial charge in [0.15, 0.2) is 0 Å². The maximum atomic E-state index is 12.5. The normalized spacial score (nSPS) is 15.8. The zero-order valence-electron chi connectivity index (χ0n) is 31.8. The van der Waals surface area contributed by atoms with Gasteiger partial charge in [0.05, 0.1) is 53.3 Å². The van der Waals surface area contributed by atoms with E-state index in [1.165, 1.54) is 19.2 Å². The maximum Gasteiger partial charge on any atom is 0.410 e. The fourth-order valence-electron chi connectivity index (χ4n) is 6.56. The van der Waals surface area contributed by atoms with Crippen molar-refractivity contribution in [1.29, 1.82) is 0 Å². The number of carbonyl (C=O) groups is 1. The Balaban J connectivity index is 1.16. The van der Waals surface area contributed by atoms with Crippen molar-refractivity contribution in [2.45, 2.75) is 64.3 Å². The monoisotopic (exact) mass is 841 g/mol. The number of nitrogens with zero attached hydrogens (tertiary/aromatic N) is 6. The first-order valence-corrected chi connectivity index (χ1v) is 20.6. The number of aromatic amines is 1. The van der Waals surface area contributed by atoms with Crippen LogP contribution in [0.1, 0.15) is 46.5 Å². The van der Waals surface area contributed by atoms with E-state index in [-0.39, 0.29) is 35.7 Å². The lowest BCUT2D eigenvalue weighted by Crippen LogP contribution is -2.45. The number of H-pyrrole nitrogens is 1. The van der Waals surface area contributed by atoms with E-state index in [1.54, 1.807) is 30.5 Å². The van der Waals surface area contributed by atoms with Gasteiger partial charge in [0.2, 0.25) is 16.0 Å². The number of hydrogen-bond acceptors (Lipinski definition) is 13. The summed E-state index contributed by atoms with van der Waals surface area (Å²) in [5, 5.41) is 23.7. The fourth-order valence-corrected chi connectivity index (χ4v) is 7.36. The number of phenolic OH excluding ortho intramolecular Hbond substituents is 1. The maximum absolute atomic E-state index is 12.5. The number of hydrogen-bond donors (Lipinski definition) is 4. The van der Waals surface area contributed by atoms with Crippen LogP contribution in [0.25, 0.3) is 11.1 Å². The van der Waals surface area contributed by atoms with Gasteiger partial charge in [0.1, 0.15) is 22.9 Å². The van der Waals surface area contributed by atoms with E-state index in [1.807, 2.05) is 39.1 Å². The molecule has 0 unspecified atom stereocenters. The Hall–Kier alpha value is -4.81. The third kappa shape index (κ3) is 9.90. The van der Waals surface area contributed by atoms with Crippen molar-refractivity contribution in [3.8, 4) is 22.6 Å². The lowest BCUT2D eigenvalue weighted by atomic mass is 10.0. The molecule has 16 nitrogen and oxygen atoms in total. The number of carbonyl (C=O) groups excluding carboxylic acids is 1. The number of nitrogens with one attached hydrogen (secondary N) is 3. The molecule has 4 heterocycles. The Morgan fingerprint density at radius 2 is 1.71 bits per heavy atom. The summed E-state index contributed by atoms with van der Waals surface area (Å²) in [7, 11) is -0.614. The van der Waals surface area contributed by atoms with E-state index < -0.39 is 15.6 Å². The molecule has 2 aliphatic rings. The number of halogens is 1. The van der Waals surface area contributed by atoms with Crippen LogP contribution in [0.5, 0.6) is 11.5 Å². The van der Waals surface area contributed by atoms with Crippen molar-refractivity contribution < 1.29 is 32.5 Å². The second-order valence-electron chi connectivity index (χ2n) is 14.6. The number of phenols is 1.